The van der Waals surface area contributed by atoms with Gasteiger partial charge in [0.1, 0.15) is 5.78 Å². The van der Waals surface area contributed by atoms with Crippen molar-refractivity contribution in [3.8, 4) is 0 Å². The van der Waals surface area contributed by atoms with E-state index in [-0.39, 0.29) is 16.9 Å². The predicted molar refractivity (Wildman–Crippen MR) is 232 cm³/mol. The van der Waals surface area contributed by atoms with Crippen LogP contribution in [0, 0.1) is 0 Å². The molecule has 0 saturated carbocycles. The predicted octanol–water partition coefficient (Wildman–Crippen LogP) is 7.78. The van der Waals surface area contributed by atoms with Crippen LogP contribution in [-0.2, 0) is 88.2 Å². The number of hydrogen-bond donors (Lipinski definition) is 0. The van der Waals surface area contributed by atoms with E-state index in [2.05, 4.69) is 0 Å². The summed E-state index contributed by atoms with van der Waals surface area (Å²) in [4.78, 5) is 13.5. The van der Waals surface area contributed by atoms with Gasteiger partial charge in [-0.15, -0.1) is 0 Å². The standard InChI is InChI=1S/C41H86O19Si2/c1-27(61(55-35(9)49-29(3)43-15,56-36(10)50-30(4)44-16)57-37(11)51-31(5)45-17)23-21-25-41(42)26-22-24-28(2)62(58-38(12)52-32(6)46-18,59-39(13)53-33(7)47-19)60-40(14)54-34(8)48-20/h27-40H,21-26H2,1-20H3. The van der Waals surface area contributed by atoms with Gasteiger partial charge in [0.15, 0.2) is 75.5 Å². The zero-order chi connectivity index (χ0) is 47.6. The van der Waals surface area contributed by atoms with Gasteiger partial charge in [0.2, 0.25) is 0 Å². The summed E-state index contributed by atoms with van der Waals surface area (Å²) in [5, 5.41) is 0. The first-order valence-electron chi connectivity index (χ1n) is 21.7. The Kier molecular flexibility index (Phi) is 32.6. The Morgan fingerprint density at radius 2 is 0.500 bits per heavy atom. The zero-order valence-electron chi connectivity index (χ0n) is 41.6. The second-order valence-electron chi connectivity index (χ2n) is 15.1. The molecule has 0 saturated heterocycles. The molecule has 0 aliphatic carbocycles. The normalized spacial score (nSPS) is 21.2. The van der Waals surface area contributed by atoms with Crippen LogP contribution in [-0.4, -0.2) is 142 Å². The van der Waals surface area contributed by atoms with Crippen molar-refractivity contribution in [2.45, 2.75) is 222 Å². The molecule has 0 aromatic heterocycles. The van der Waals surface area contributed by atoms with Gasteiger partial charge in [-0.2, -0.15) is 0 Å². The van der Waals surface area contributed by atoms with Crippen LogP contribution in [0.3, 0.4) is 0 Å². The van der Waals surface area contributed by atoms with Crippen LogP contribution in [0.5, 0.6) is 0 Å². The average molecular weight is 939 g/mol. The Morgan fingerprint density at radius 1 is 0.323 bits per heavy atom. The number of ether oxygens (including phenoxy) is 12. The van der Waals surface area contributed by atoms with Gasteiger partial charge >= 0.3 is 17.6 Å². The van der Waals surface area contributed by atoms with Crippen molar-refractivity contribution in [1.29, 1.82) is 0 Å². The molecule has 0 fully saturated rings. The molecule has 62 heavy (non-hydrogen) atoms. The number of rotatable bonds is 40. The van der Waals surface area contributed by atoms with Crippen molar-refractivity contribution < 1.29 is 88.2 Å². The summed E-state index contributed by atoms with van der Waals surface area (Å²) in [6.45, 7) is 24.9. The first-order valence-corrected chi connectivity index (χ1v) is 25.3. The van der Waals surface area contributed by atoms with Crippen molar-refractivity contribution >= 4 is 23.4 Å². The molecule has 0 bridgehead atoms. The maximum atomic E-state index is 13.5. The number of hydrogen-bond acceptors (Lipinski definition) is 19. The largest absolute Gasteiger partial charge is 0.509 e. The summed E-state index contributed by atoms with van der Waals surface area (Å²) in [5.74, 6) is 0.0816. The minimum Gasteiger partial charge on any atom is -0.356 e. The van der Waals surface area contributed by atoms with Crippen molar-refractivity contribution in [1.82, 2.24) is 0 Å². The van der Waals surface area contributed by atoms with E-state index in [1.807, 2.05) is 13.8 Å². The molecule has 0 aliphatic heterocycles. The fraction of sp³-hybridized carbons (Fsp3) is 0.976. The van der Waals surface area contributed by atoms with Crippen molar-refractivity contribution in [3.05, 3.63) is 0 Å². The number of carbonyl (C=O) groups excluding carboxylic acids is 1. The highest BCUT2D eigenvalue weighted by Gasteiger charge is 2.53. The van der Waals surface area contributed by atoms with Crippen LogP contribution >= 0.6 is 0 Å². The number of methoxy groups -OCH3 is 6. The van der Waals surface area contributed by atoms with E-state index >= 15 is 0 Å². The first-order chi connectivity index (χ1) is 29.0. The lowest BCUT2D eigenvalue weighted by molar-refractivity contribution is -0.255. The molecule has 0 amide bonds. The highest BCUT2D eigenvalue weighted by Crippen LogP contribution is 2.37. The van der Waals surface area contributed by atoms with Crippen LogP contribution in [0.2, 0.25) is 11.1 Å². The van der Waals surface area contributed by atoms with E-state index in [4.69, 9.17) is 83.4 Å². The van der Waals surface area contributed by atoms with Gasteiger partial charge < -0.3 is 83.4 Å². The molecule has 0 radical (unpaired) electrons. The molecular weight excluding hydrogens is 853 g/mol. The maximum Gasteiger partial charge on any atom is 0.509 e. The molecule has 19 nitrogen and oxygen atoms in total. The monoisotopic (exact) mass is 939 g/mol. The summed E-state index contributed by atoms with van der Waals surface area (Å²) in [7, 11) is 1.65. The molecule has 14 atom stereocenters. The molecule has 0 aromatic carbocycles. The van der Waals surface area contributed by atoms with Crippen molar-refractivity contribution in [3.63, 3.8) is 0 Å². The van der Waals surface area contributed by atoms with E-state index in [1.165, 1.54) is 42.7 Å². The third-order valence-electron chi connectivity index (χ3n) is 9.67. The Hall–Kier alpha value is -0.616. The SMILES string of the molecule is COC(C)OC(C)O[Si](OC(C)OC(C)OC)(OC(C)OC(C)OC)C(C)CCCC(=O)CCCC(C)[Si](OC(C)OC(C)OC)(OC(C)OC(C)OC)OC(C)OC(C)OC. The van der Waals surface area contributed by atoms with E-state index in [0.717, 1.165) is 0 Å². The van der Waals surface area contributed by atoms with Gasteiger partial charge in [0.05, 0.1) is 0 Å². The summed E-state index contributed by atoms with van der Waals surface area (Å²) in [6, 6.07) is 0. The maximum absolute atomic E-state index is 13.5. The Morgan fingerprint density at radius 3 is 0.661 bits per heavy atom. The number of Topliss-reactive ketones (excluding diaryl/α,β-unsaturated/α-hetero) is 1. The van der Waals surface area contributed by atoms with Crippen LogP contribution in [0.1, 0.15) is 135 Å². The highest BCUT2D eigenvalue weighted by molar-refractivity contribution is 6.62. The van der Waals surface area contributed by atoms with E-state index in [0.29, 0.717) is 38.5 Å². The van der Waals surface area contributed by atoms with E-state index < -0.39 is 93.1 Å². The van der Waals surface area contributed by atoms with Gasteiger partial charge in [0, 0.05) is 66.6 Å². The second kappa shape index (κ2) is 33.0. The van der Waals surface area contributed by atoms with Gasteiger partial charge in [-0.3, -0.25) is 4.79 Å². The summed E-state index contributed by atoms with van der Waals surface area (Å²) in [6.07, 6.45) is -5.56. The third kappa shape index (κ3) is 25.3. The summed E-state index contributed by atoms with van der Waals surface area (Å²) in [5.41, 5.74) is -0.685. The quantitative estimate of drug-likeness (QED) is 0.0428. The van der Waals surface area contributed by atoms with Gasteiger partial charge in [-0.1, -0.05) is 13.8 Å². The van der Waals surface area contributed by atoms with Crippen LogP contribution in [0.25, 0.3) is 0 Å². The minimum atomic E-state index is -3.78. The van der Waals surface area contributed by atoms with Crippen LogP contribution < -0.4 is 0 Å². The zero-order valence-corrected chi connectivity index (χ0v) is 43.6. The molecule has 0 aromatic rings. The summed E-state index contributed by atoms with van der Waals surface area (Å²) >= 11 is 0. The molecule has 21 heteroatoms. The fourth-order valence-electron chi connectivity index (χ4n) is 6.06. The minimum absolute atomic E-state index is 0.0816. The highest BCUT2D eigenvalue weighted by atomic mass is 28.4. The lowest BCUT2D eigenvalue weighted by Gasteiger charge is -2.40. The Labute approximate surface area is 375 Å². The first kappa shape index (κ1) is 61.4. The molecule has 14 unspecified atom stereocenters. The molecule has 0 N–H and O–H groups in total. The van der Waals surface area contributed by atoms with Crippen LogP contribution in [0.4, 0.5) is 0 Å². The smallest absolute Gasteiger partial charge is 0.356 e. The van der Waals surface area contributed by atoms with Gasteiger partial charge in [-0.25, -0.2) is 0 Å². The number of ketones is 1. The second-order valence-corrected chi connectivity index (χ2v) is 20.9. The average Bonchev–Trinajstić information content (AvgIpc) is 3.19. The lowest BCUT2D eigenvalue weighted by Crippen LogP contribution is -2.56. The van der Waals surface area contributed by atoms with Crippen molar-refractivity contribution in [2.24, 2.45) is 0 Å². The topological polar surface area (TPSA) is 183 Å². The van der Waals surface area contributed by atoms with E-state index in [1.54, 1.807) is 83.1 Å². The Balaban J connectivity index is 6.32. The third-order valence-corrected chi connectivity index (χ3v) is 16.6. The summed E-state index contributed by atoms with van der Waals surface area (Å²) < 4.78 is 107. The fourth-order valence-corrected chi connectivity index (χ4v) is 12.0. The molecule has 0 heterocycles. The molecule has 0 rings (SSSR count). The molecular formula is C41H86O19Si2. The van der Waals surface area contributed by atoms with Gasteiger partial charge in [-0.05, 0) is 109 Å². The Bertz CT molecular complexity index is 950. The molecule has 0 aliphatic rings. The van der Waals surface area contributed by atoms with Crippen LogP contribution in [0.15, 0.2) is 0 Å². The van der Waals surface area contributed by atoms with Crippen molar-refractivity contribution in [2.75, 3.05) is 42.7 Å². The lowest BCUT2D eigenvalue weighted by atomic mass is 10.1. The number of carbonyl (C=O) groups is 1. The molecule has 372 valence electrons. The van der Waals surface area contributed by atoms with E-state index in [9.17, 15) is 4.79 Å². The molecule has 0 spiro atoms. The van der Waals surface area contributed by atoms with Gasteiger partial charge in [0.25, 0.3) is 0 Å².